The van der Waals surface area contributed by atoms with E-state index in [2.05, 4.69) is 10.4 Å². The second-order valence-corrected chi connectivity index (χ2v) is 5.79. The molecule has 1 aromatic heterocycles. The van der Waals surface area contributed by atoms with Gasteiger partial charge in [0.05, 0.1) is 16.7 Å². The molecule has 1 atom stereocenters. The number of carbonyl (C=O) groups excluding carboxylic acids is 2. The van der Waals surface area contributed by atoms with E-state index < -0.39 is 6.10 Å². The molecule has 0 bridgehead atoms. The summed E-state index contributed by atoms with van der Waals surface area (Å²) in [5.74, 6) is 0.0280. The average Bonchev–Trinajstić information content (AvgIpc) is 3.02. The fourth-order valence-corrected chi connectivity index (χ4v) is 2.88. The van der Waals surface area contributed by atoms with Crippen molar-refractivity contribution in [3.8, 4) is 5.75 Å². The number of hydrogen-bond acceptors (Lipinski definition) is 4. The molecule has 3 aromatic rings. The summed E-state index contributed by atoms with van der Waals surface area (Å²) in [6.45, 7) is 1.57. The standard InChI is InChI=1S/C18H16N4O3/c1-12-18(24)21(15-8-4-5-9-16(15)25-12)10-17(23)20-22-11-19-13-6-2-3-7-14(13)22/h2-9,11-12H,10H2,1H3,(H,20,23). The van der Waals surface area contributed by atoms with Crippen molar-refractivity contribution < 1.29 is 14.3 Å². The van der Waals surface area contributed by atoms with Gasteiger partial charge in [-0.05, 0) is 31.2 Å². The van der Waals surface area contributed by atoms with Gasteiger partial charge in [0.15, 0.2) is 6.10 Å². The van der Waals surface area contributed by atoms with E-state index >= 15 is 0 Å². The Kier molecular flexibility index (Phi) is 3.61. The summed E-state index contributed by atoms with van der Waals surface area (Å²) in [4.78, 5) is 30.6. The number of benzene rings is 2. The van der Waals surface area contributed by atoms with Crippen LogP contribution in [0.15, 0.2) is 54.9 Å². The van der Waals surface area contributed by atoms with E-state index in [0.29, 0.717) is 11.4 Å². The first-order valence-corrected chi connectivity index (χ1v) is 7.92. The van der Waals surface area contributed by atoms with Gasteiger partial charge in [0, 0.05) is 0 Å². The number of anilines is 1. The molecule has 1 aliphatic rings. The van der Waals surface area contributed by atoms with Gasteiger partial charge < -0.3 is 4.74 Å². The van der Waals surface area contributed by atoms with E-state index in [-0.39, 0.29) is 18.4 Å². The molecule has 1 N–H and O–H groups in total. The Hall–Kier alpha value is -3.35. The number of fused-ring (bicyclic) bond motifs is 2. The van der Waals surface area contributed by atoms with E-state index in [9.17, 15) is 9.59 Å². The highest BCUT2D eigenvalue weighted by molar-refractivity contribution is 6.05. The third-order valence-electron chi connectivity index (χ3n) is 4.07. The van der Waals surface area contributed by atoms with Crippen LogP contribution in [0.1, 0.15) is 6.92 Å². The summed E-state index contributed by atoms with van der Waals surface area (Å²) in [5, 5.41) is 0. The zero-order valence-corrected chi connectivity index (χ0v) is 13.5. The lowest BCUT2D eigenvalue weighted by Crippen LogP contribution is -2.48. The lowest BCUT2D eigenvalue weighted by Gasteiger charge is -2.32. The first-order valence-electron chi connectivity index (χ1n) is 7.92. The molecule has 7 nitrogen and oxygen atoms in total. The average molecular weight is 336 g/mol. The van der Waals surface area contributed by atoms with E-state index in [4.69, 9.17) is 4.74 Å². The monoisotopic (exact) mass is 336 g/mol. The van der Waals surface area contributed by atoms with Crippen molar-refractivity contribution in [1.82, 2.24) is 9.66 Å². The van der Waals surface area contributed by atoms with Crippen molar-refractivity contribution >= 4 is 28.5 Å². The summed E-state index contributed by atoms with van der Waals surface area (Å²) in [5.41, 5.74) is 4.92. The highest BCUT2D eigenvalue weighted by Crippen LogP contribution is 2.33. The maximum atomic E-state index is 12.5. The first-order chi connectivity index (χ1) is 12.1. The molecule has 0 radical (unpaired) electrons. The molecule has 25 heavy (non-hydrogen) atoms. The van der Waals surface area contributed by atoms with Crippen molar-refractivity contribution in [1.29, 1.82) is 0 Å². The largest absolute Gasteiger partial charge is 0.479 e. The SMILES string of the molecule is CC1Oc2ccccc2N(CC(=O)Nn2cnc3ccccc32)C1=O. The van der Waals surface area contributed by atoms with Crippen LogP contribution >= 0.6 is 0 Å². The molecule has 2 heterocycles. The lowest BCUT2D eigenvalue weighted by molar-refractivity contribution is -0.127. The van der Waals surface area contributed by atoms with Crippen molar-refractivity contribution in [2.24, 2.45) is 0 Å². The quantitative estimate of drug-likeness (QED) is 0.793. The Balaban J connectivity index is 1.57. The number of para-hydroxylation sites is 4. The van der Waals surface area contributed by atoms with Gasteiger partial charge in [-0.2, -0.15) is 0 Å². The van der Waals surface area contributed by atoms with E-state index in [1.54, 1.807) is 36.1 Å². The van der Waals surface area contributed by atoms with Crippen LogP contribution in [0.25, 0.3) is 11.0 Å². The predicted octanol–water partition coefficient (Wildman–Crippen LogP) is 1.92. The zero-order chi connectivity index (χ0) is 17.4. The molecule has 0 saturated carbocycles. The Morgan fingerprint density at radius 1 is 1.20 bits per heavy atom. The van der Waals surface area contributed by atoms with Crippen LogP contribution in [-0.4, -0.2) is 34.1 Å². The topological polar surface area (TPSA) is 76.5 Å². The molecule has 1 aliphatic heterocycles. The second kappa shape index (κ2) is 5.94. The van der Waals surface area contributed by atoms with Gasteiger partial charge >= 0.3 is 0 Å². The highest BCUT2D eigenvalue weighted by Gasteiger charge is 2.32. The number of nitrogens with zero attached hydrogens (tertiary/aromatic N) is 3. The van der Waals surface area contributed by atoms with Crippen molar-refractivity contribution in [3.63, 3.8) is 0 Å². The number of carbonyl (C=O) groups is 2. The van der Waals surface area contributed by atoms with Gasteiger partial charge in [-0.25, -0.2) is 9.66 Å². The lowest BCUT2D eigenvalue weighted by atomic mass is 10.2. The number of rotatable bonds is 3. The summed E-state index contributed by atoms with van der Waals surface area (Å²) in [6.07, 6.45) is 0.914. The fourth-order valence-electron chi connectivity index (χ4n) is 2.88. The maximum absolute atomic E-state index is 12.5. The van der Waals surface area contributed by atoms with E-state index in [1.165, 1.54) is 4.90 Å². The van der Waals surface area contributed by atoms with Crippen molar-refractivity contribution in [2.45, 2.75) is 13.0 Å². The Morgan fingerprint density at radius 2 is 1.96 bits per heavy atom. The molecule has 0 spiro atoms. The second-order valence-electron chi connectivity index (χ2n) is 5.79. The minimum Gasteiger partial charge on any atom is -0.479 e. The van der Waals surface area contributed by atoms with Gasteiger partial charge in [-0.1, -0.05) is 24.3 Å². The van der Waals surface area contributed by atoms with Crippen LogP contribution in [0.2, 0.25) is 0 Å². The normalized spacial score (nSPS) is 16.4. The molecule has 4 rings (SSSR count). The summed E-state index contributed by atoms with van der Waals surface area (Å²) in [6, 6.07) is 14.7. The third-order valence-corrected chi connectivity index (χ3v) is 4.07. The van der Waals surface area contributed by atoms with Crippen molar-refractivity contribution in [3.05, 3.63) is 54.9 Å². The number of imidazole rings is 1. The van der Waals surface area contributed by atoms with Crippen LogP contribution < -0.4 is 15.1 Å². The predicted molar refractivity (Wildman–Crippen MR) is 93.0 cm³/mol. The van der Waals surface area contributed by atoms with Gasteiger partial charge in [-0.3, -0.25) is 19.9 Å². The van der Waals surface area contributed by atoms with Gasteiger partial charge in [0.1, 0.15) is 18.6 Å². The smallest absolute Gasteiger partial charge is 0.268 e. The minimum atomic E-state index is -0.628. The molecule has 0 aliphatic carbocycles. The third kappa shape index (κ3) is 2.69. The summed E-state index contributed by atoms with van der Waals surface area (Å²) in [7, 11) is 0. The molecular formula is C18H16N4O3. The van der Waals surface area contributed by atoms with Crippen LogP contribution in [0, 0.1) is 0 Å². The van der Waals surface area contributed by atoms with Gasteiger partial charge in [0.2, 0.25) is 0 Å². The molecule has 2 aromatic carbocycles. The molecular weight excluding hydrogens is 320 g/mol. The molecule has 2 amide bonds. The summed E-state index contributed by atoms with van der Waals surface area (Å²) < 4.78 is 7.13. The zero-order valence-electron chi connectivity index (χ0n) is 13.5. The Bertz CT molecular complexity index is 966. The molecule has 1 unspecified atom stereocenters. The number of nitrogens with one attached hydrogen (secondary N) is 1. The van der Waals surface area contributed by atoms with Gasteiger partial charge in [-0.15, -0.1) is 0 Å². The van der Waals surface area contributed by atoms with Crippen molar-refractivity contribution in [2.75, 3.05) is 16.9 Å². The minimum absolute atomic E-state index is 0.101. The molecule has 126 valence electrons. The van der Waals surface area contributed by atoms with Crippen LogP contribution in [-0.2, 0) is 9.59 Å². The number of hydrogen-bond donors (Lipinski definition) is 1. The van der Waals surface area contributed by atoms with Crippen LogP contribution in [0.5, 0.6) is 5.75 Å². The Morgan fingerprint density at radius 3 is 2.84 bits per heavy atom. The number of aromatic nitrogens is 2. The highest BCUT2D eigenvalue weighted by atomic mass is 16.5. The fraction of sp³-hybridized carbons (Fsp3) is 0.167. The summed E-state index contributed by atoms with van der Waals surface area (Å²) >= 11 is 0. The van der Waals surface area contributed by atoms with Crippen LogP contribution in [0.3, 0.4) is 0 Å². The van der Waals surface area contributed by atoms with Gasteiger partial charge in [0.25, 0.3) is 11.8 Å². The Labute approximate surface area is 143 Å². The molecule has 0 fully saturated rings. The van der Waals surface area contributed by atoms with E-state index in [0.717, 1.165) is 11.0 Å². The van der Waals surface area contributed by atoms with Crippen LogP contribution in [0.4, 0.5) is 5.69 Å². The first kappa shape index (κ1) is 15.2. The molecule has 7 heteroatoms. The van der Waals surface area contributed by atoms with E-state index in [1.807, 2.05) is 30.3 Å². The number of ether oxygens (including phenoxy) is 1. The molecule has 0 saturated heterocycles. The number of amides is 2. The maximum Gasteiger partial charge on any atom is 0.268 e.